The topological polar surface area (TPSA) is 113 Å². The van der Waals surface area contributed by atoms with Gasteiger partial charge < -0.3 is 20.3 Å². The fraction of sp³-hybridized carbons (Fsp3) is 0.292. The van der Waals surface area contributed by atoms with Gasteiger partial charge in [0.25, 0.3) is 0 Å². The first-order chi connectivity index (χ1) is 16.6. The minimum absolute atomic E-state index is 0.113. The van der Waals surface area contributed by atoms with E-state index in [1.54, 1.807) is 30.4 Å². The Labute approximate surface area is 198 Å². The molecule has 0 aliphatic carbocycles. The summed E-state index contributed by atoms with van der Waals surface area (Å²) in [6.45, 7) is 4.74. The van der Waals surface area contributed by atoms with Gasteiger partial charge in [0.15, 0.2) is 0 Å². The fourth-order valence-electron chi connectivity index (χ4n) is 3.61. The number of nitrogens with zero attached hydrogens (tertiary/aromatic N) is 5. The number of hydrogen-bond donors (Lipinski definition) is 2. The van der Waals surface area contributed by atoms with Crippen LogP contribution in [0, 0.1) is 0 Å². The molecule has 1 aliphatic heterocycles. The molecule has 0 saturated carbocycles. The van der Waals surface area contributed by atoms with Gasteiger partial charge in [-0.25, -0.2) is 14.8 Å². The van der Waals surface area contributed by atoms with E-state index in [-0.39, 0.29) is 18.5 Å². The molecule has 2 N–H and O–H groups in total. The Hall–Kier alpha value is -4.05. The fourth-order valence-corrected chi connectivity index (χ4v) is 3.61. The summed E-state index contributed by atoms with van der Waals surface area (Å²) in [5, 5.41) is 6.12. The lowest BCUT2D eigenvalue weighted by Gasteiger charge is -2.33. The molecule has 10 nitrogen and oxygen atoms in total. The highest BCUT2D eigenvalue weighted by molar-refractivity contribution is 5.92. The van der Waals surface area contributed by atoms with E-state index < -0.39 is 0 Å². The molecule has 10 heteroatoms. The van der Waals surface area contributed by atoms with Gasteiger partial charge >= 0.3 is 6.09 Å². The third-order valence-electron chi connectivity index (χ3n) is 5.30. The second kappa shape index (κ2) is 11.2. The Bertz CT molecular complexity index is 1120. The summed E-state index contributed by atoms with van der Waals surface area (Å²) in [5.41, 5.74) is 3.16. The van der Waals surface area contributed by atoms with E-state index in [9.17, 15) is 9.59 Å². The number of anilines is 3. The monoisotopic (exact) mass is 461 g/mol. The largest absolute Gasteiger partial charge is 0.450 e. The van der Waals surface area contributed by atoms with Crippen LogP contribution in [0.4, 0.5) is 22.1 Å². The predicted octanol–water partition coefficient (Wildman–Crippen LogP) is 2.99. The number of amides is 2. The summed E-state index contributed by atoms with van der Waals surface area (Å²) in [7, 11) is 0. The molecule has 0 unspecified atom stereocenters. The lowest BCUT2D eigenvalue weighted by Crippen LogP contribution is -2.50. The van der Waals surface area contributed by atoms with Gasteiger partial charge in [-0.15, -0.1) is 0 Å². The molecule has 3 aromatic rings. The minimum Gasteiger partial charge on any atom is -0.450 e. The highest BCUT2D eigenvalue weighted by Crippen LogP contribution is 2.21. The van der Waals surface area contributed by atoms with Crippen LogP contribution in [0.15, 0.2) is 61.1 Å². The van der Waals surface area contributed by atoms with Crippen LogP contribution in [-0.4, -0.2) is 76.1 Å². The number of pyridine rings is 1. The van der Waals surface area contributed by atoms with Crippen molar-refractivity contribution < 1.29 is 14.3 Å². The van der Waals surface area contributed by atoms with Crippen molar-refractivity contribution in [3.05, 3.63) is 61.1 Å². The van der Waals surface area contributed by atoms with Crippen LogP contribution in [0.3, 0.4) is 0 Å². The molecular weight excluding hydrogens is 434 g/mol. The van der Waals surface area contributed by atoms with Crippen molar-refractivity contribution in [2.75, 3.05) is 50.0 Å². The Kier molecular flexibility index (Phi) is 7.61. The van der Waals surface area contributed by atoms with Crippen molar-refractivity contribution in [3.63, 3.8) is 0 Å². The third kappa shape index (κ3) is 6.26. The molecule has 1 saturated heterocycles. The van der Waals surface area contributed by atoms with Gasteiger partial charge in [-0.3, -0.25) is 14.7 Å². The molecule has 4 rings (SSSR count). The van der Waals surface area contributed by atoms with E-state index in [1.807, 2.05) is 47.4 Å². The zero-order chi connectivity index (χ0) is 23.8. The van der Waals surface area contributed by atoms with Gasteiger partial charge in [0.2, 0.25) is 11.9 Å². The highest BCUT2D eigenvalue weighted by Gasteiger charge is 2.23. The van der Waals surface area contributed by atoms with Crippen molar-refractivity contribution in [3.8, 4) is 11.3 Å². The van der Waals surface area contributed by atoms with Crippen LogP contribution >= 0.6 is 0 Å². The van der Waals surface area contributed by atoms with Crippen molar-refractivity contribution in [2.24, 2.45) is 0 Å². The maximum absolute atomic E-state index is 12.6. The van der Waals surface area contributed by atoms with E-state index >= 15 is 0 Å². The Morgan fingerprint density at radius 1 is 1.00 bits per heavy atom. The maximum Gasteiger partial charge on any atom is 0.409 e. The van der Waals surface area contributed by atoms with E-state index in [1.165, 1.54) is 0 Å². The van der Waals surface area contributed by atoms with Crippen molar-refractivity contribution in [1.82, 2.24) is 24.8 Å². The second-order valence-electron chi connectivity index (χ2n) is 7.72. The SMILES string of the molecule is CCOC(=O)N1CCN(CC(=O)Nc2cccc(Nc3nccc(-c4ccncc4)n3)c2)CC1. The van der Waals surface area contributed by atoms with E-state index in [4.69, 9.17) is 4.74 Å². The zero-order valence-electron chi connectivity index (χ0n) is 19.0. The lowest BCUT2D eigenvalue weighted by atomic mass is 10.2. The number of ether oxygens (including phenoxy) is 1. The Morgan fingerprint density at radius 3 is 2.53 bits per heavy atom. The van der Waals surface area contributed by atoms with Crippen LogP contribution in [-0.2, 0) is 9.53 Å². The molecule has 176 valence electrons. The van der Waals surface area contributed by atoms with Crippen molar-refractivity contribution in [2.45, 2.75) is 6.92 Å². The van der Waals surface area contributed by atoms with E-state index in [0.29, 0.717) is 44.4 Å². The van der Waals surface area contributed by atoms with Crippen LogP contribution in [0.2, 0.25) is 0 Å². The number of carbonyl (C=O) groups is 2. The molecule has 34 heavy (non-hydrogen) atoms. The van der Waals surface area contributed by atoms with Gasteiger partial charge in [0.05, 0.1) is 18.8 Å². The molecule has 0 radical (unpaired) electrons. The summed E-state index contributed by atoms with van der Waals surface area (Å²) in [5.74, 6) is 0.343. The Balaban J connectivity index is 1.31. The van der Waals surface area contributed by atoms with Gasteiger partial charge in [-0.05, 0) is 43.3 Å². The lowest BCUT2D eigenvalue weighted by molar-refractivity contribution is -0.117. The molecular formula is C24H27N7O3. The third-order valence-corrected chi connectivity index (χ3v) is 5.30. The molecule has 0 atom stereocenters. The van der Waals surface area contributed by atoms with Gasteiger partial charge in [-0.2, -0.15) is 0 Å². The maximum atomic E-state index is 12.6. The van der Waals surface area contributed by atoms with Gasteiger partial charge in [0.1, 0.15) is 0 Å². The van der Waals surface area contributed by atoms with Crippen LogP contribution in [0.5, 0.6) is 0 Å². The molecule has 3 heterocycles. The van der Waals surface area contributed by atoms with Crippen LogP contribution in [0.1, 0.15) is 6.92 Å². The van der Waals surface area contributed by atoms with E-state index in [0.717, 1.165) is 16.9 Å². The average molecular weight is 462 g/mol. The molecule has 1 aliphatic rings. The molecule has 0 bridgehead atoms. The summed E-state index contributed by atoms with van der Waals surface area (Å²) in [6.07, 6.45) is 4.83. The number of nitrogens with one attached hydrogen (secondary N) is 2. The van der Waals surface area contributed by atoms with Crippen molar-refractivity contribution in [1.29, 1.82) is 0 Å². The molecule has 2 amide bonds. The van der Waals surface area contributed by atoms with Gasteiger partial charge in [0, 0.05) is 61.7 Å². The standard InChI is InChI=1S/C24H27N7O3/c1-2-34-24(33)31-14-12-30(13-15-31)17-22(32)27-19-4-3-5-20(16-19)28-23-26-11-8-21(29-23)18-6-9-25-10-7-18/h3-11,16H,2,12-15,17H2,1H3,(H,27,32)(H,26,28,29). The molecule has 1 aromatic carbocycles. The first-order valence-electron chi connectivity index (χ1n) is 11.1. The normalized spacial score (nSPS) is 13.9. The average Bonchev–Trinajstić information content (AvgIpc) is 2.85. The second-order valence-corrected chi connectivity index (χ2v) is 7.72. The number of aromatic nitrogens is 3. The quantitative estimate of drug-likeness (QED) is 0.552. The summed E-state index contributed by atoms with van der Waals surface area (Å²) >= 11 is 0. The number of piperazine rings is 1. The predicted molar refractivity (Wildman–Crippen MR) is 129 cm³/mol. The molecule has 1 fully saturated rings. The minimum atomic E-state index is -0.300. The van der Waals surface area contributed by atoms with Gasteiger partial charge in [-0.1, -0.05) is 6.07 Å². The van der Waals surface area contributed by atoms with E-state index in [2.05, 4.69) is 25.6 Å². The number of rotatable bonds is 7. The number of benzene rings is 1. The van der Waals surface area contributed by atoms with Crippen molar-refractivity contribution >= 4 is 29.3 Å². The first kappa shape index (κ1) is 23.1. The number of carbonyl (C=O) groups excluding carboxylic acids is 2. The Morgan fingerprint density at radius 2 is 1.76 bits per heavy atom. The first-order valence-corrected chi connectivity index (χ1v) is 11.1. The smallest absolute Gasteiger partial charge is 0.409 e. The summed E-state index contributed by atoms with van der Waals surface area (Å²) in [4.78, 5) is 40.9. The molecule has 0 spiro atoms. The van der Waals surface area contributed by atoms with Crippen LogP contribution in [0.25, 0.3) is 11.3 Å². The summed E-state index contributed by atoms with van der Waals surface area (Å²) < 4.78 is 5.03. The highest BCUT2D eigenvalue weighted by atomic mass is 16.6. The van der Waals surface area contributed by atoms with Crippen LogP contribution < -0.4 is 10.6 Å². The number of hydrogen-bond acceptors (Lipinski definition) is 8. The zero-order valence-corrected chi connectivity index (χ0v) is 19.0. The molecule has 2 aromatic heterocycles. The summed E-state index contributed by atoms with van der Waals surface area (Å²) in [6, 6.07) is 13.0.